The summed E-state index contributed by atoms with van der Waals surface area (Å²) < 4.78 is 1.82. The van der Waals surface area contributed by atoms with Crippen LogP contribution in [0, 0.1) is 0 Å². The number of hydrogen-bond donors (Lipinski definition) is 3. The molecule has 2 rings (SSSR count). The van der Waals surface area contributed by atoms with E-state index in [2.05, 4.69) is 47.5 Å². The Bertz CT molecular complexity index is 417. The van der Waals surface area contributed by atoms with E-state index in [1.54, 1.807) is 0 Å². The number of benzene rings is 1. The van der Waals surface area contributed by atoms with Crippen molar-refractivity contribution >= 4 is 49.2 Å². The van der Waals surface area contributed by atoms with Crippen LogP contribution >= 0.6 is 31.9 Å². The first kappa shape index (κ1) is 10.8. The van der Waals surface area contributed by atoms with Gasteiger partial charge in [0.25, 0.3) is 0 Å². The van der Waals surface area contributed by atoms with Crippen molar-refractivity contribution in [3.8, 4) is 0 Å². The minimum Gasteiger partial charge on any atom is -0.398 e. The van der Waals surface area contributed by atoms with Crippen LogP contribution in [0.1, 0.15) is 0 Å². The molecular formula is C9H10Br2N4. The molecular weight excluding hydrogens is 324 g/mol. The number of nitrogens with one attached hydrogen (secondary N) is 2. The lowest BCUT2D eigenvalue weighted by Crippen LogP contribution is -2.26. The van der Waals surface area contributed by atoms with E-state index < -0.39 is 0 Å². The Kier molecular flexibility index (Phi) is 3.16. The zero-order chi connectivity index (χ0) is 10.8. The van der Waals surface area contributed by atoms with Crippen molar-refractivity contribution in [3.05, 3.63) is 21.1 Å². The molecule has 0 bridgehead atoms. The molecule has 1 aromatic rings. The number of nitrogens with zero attached hydrogens (tertiary/aromatic N) is 1. The molecule has 0 spiro atoms. The van der Waals surface area contributed by atoms with Crippen molar-refractivity contribution in [2.75, 3.05) is 24.1 Å². The van der Waals surface area contributed by atoms with Crippen LogP contribution < -0.4 is 16.4 Å². The van der Waals surface area contributed by atoms with E-state index in [1.807, 2.05) is 12.1 Å². The van der Waals surface area contributed by atoms with Crippen LogP contribution in [0.15, 0.2) is 26.1 Å². The van der Waals surface area contributed by atoms with Crippen molar-refractivity contribution in [3.63, 3.8) is 0 Å². The monoisotopic (exact) mass is 332 g/mol. The Hall–Kier alpha value is -0.750. The van der Waals surface area contributed by atoms with Gasteiger partial charge in [0.1, 0.15) is 0 Å². The summed E-state index contributed by atoms with van der Waals surface area (Å²) in [6, 6.07) is 3.77. The highest BCUT2D eigenvalue weighted by Gasteiger charge is 2.09. The number of nitrogens with two attached hydrogens (primary N) is 1. The van der Waals surface area contributed by atoms with Crippen molar-refractivity contribution in [2.24, 2.45) is 4.99 Å². The maximum atomic E-state index is 5.80. The van der Waals surface area contributed by atoms with Crippen LogP contribution in [0.25, 0.3) is 0 Å². The molecule has 0 saturated carbocycles. The Labute approximate surface area is 105 Å². The largest absolute Gasteiger partial charge is 0.398 e. The second kappa shape index (κ2) is 4.40. The van der Waals surface area contributed by atoms with Gasteiger partial charge in [0.05, 0.1) is 12.2 Å². The Morgan fingerprint density at radius 2 is 2.13 bits per heavy atom. The summed E-state index contributed by atoms with van der Waals surface area (Å²) in [6.45, 7) is 1.69. The minimum atomic E-state index is 0.694. The summed E-state index contributed by atoms with van der Waals surface area (Å²) in [6.07, 6.45) is 0. The SMILES string of the molecule is Nc1cc(NC2=NCCN2)c(Br)cc1Br. The first-order valence-electron chi connectivity index (χ1n) is 4.46. The highest BCUT2D eigenvalue weighted by molar-refractivity contribution is 9.11. The topological polar surface area (TPSA) is 62.4 Å². The van der Waals surface area contributed by atoms with Crippen molar-refractivity contribution in [2.45, 2.75) is 0 Å². The molecule has 4 N–H and O–H groups in total. The molecule has 1 aliphatic heterocycles. The molecule has 0 atom stereocenters. The second-order valence-corrected chi connectivity index (χ2v) is 4.84. The Balaban J connectivity index is 2.24. The third-order valence-corrected chi connectivity index (χ3v) is 3.36. The van der Waals surface area contributed by atoms with E-state index >= 15 is 0 Å². The molecule has 6 heteroatoms. The lowest BCUT2D eigenvalue weighted by molar-refractivity contribution is 0.959. The highest BCUT2D eigenvalue weighted by Crippen LogP contribution is 2.31. The normalized spacial score (nSPS) is 14.7. The zero-order valence-corrected chi connectivity index (χ0v) is 11.0. The van der Waals surface area contributed by atoms with E-state index in [-0.39, 0.29) is 0 Å². The molecule has 15 heavy (non-hydrogen) atoms. The van der Waals surface area contributed by atoms with Gasteiger partial charge in [-0.25, -0.2) is 0 Å². The van der Waals surface area contributed by atoms with Gasteiger partial charge in [-0.05, 0) is 44.0 Å². The number of anilines is 2. The minimum absolute atomic E-state index is 0.694. The van der Waals surface area contributed by atoms with Crippen molar-refractivity contribution in [1.29, 1.82) is 0 Å². The number of halogens is 2. The smallest absolute Gasteiger partial charge is 0.195 e. The fourth-order valence-electron chi connectivity index (χ4n) is 1.27. The van der Waals surface area contributed by atoms with Crippen molar-refractivity contribution < 1.29 is 0 Å². The molecule has 0 radical (unpaired) electrons. The number of rotatable bonds is 1. The van der Waals surface area contributed by atoms with E-state index in [1.165, 1.54) is 0 Å². The number of nitrogen functional groups attached to an aromatic ring is 1. The molecule has 0 aliphatic carbocycles. The molecule has 80 valence electrons. The molecule has 0 fully saturated rings. The van der Waals surface area contributed by atoms with Crippen LogP contribution in [0.3, 0.4) is 0 Å². The average Bonchev–Trinajstić information content (AvgIpc) is 2.67. The van der Waals surface area contributed by atoms with Crippen molar-refractivity contribution in [1.82, 2.24) is 5.32 Å². The van der Waals surface area contributed by atoms with Gasteiger partial charge in [-0.2, -0.15) is 0 Å². The highest BCUT2D eigenvalue weighted by atomic mass is 79.9. The lowest BCUT2D eigenvalue weighted by Gasteiger charge is -2.10. The summed E-state index contributed by atoms with van der Waals surface area (Å²) >= 11 is 6.82. The molecule has 0 amide bonds. The Morgan fingerprint density at radius 3 is 2.80 bits per heavy atom. The first-order valence-corrected chi connectivity index (χ1v) is 6.05. The van der Waals surface area contributed by atoms with Gasteiger partial charge in [0.2, 0.25) is 0 Å². The molecule has 4 nitrogen and oxygen atoms in total. The first-order chi connectivity index (χ1) is 7.16. The van der Waals surface area contributed by atoms with Crippen LogP contribution in [0.4, 0.5) is 11.4 Å². The van der Waals surface area contributed by atoms with Crippen LogP contribution in [0.5, 0.6) is 0 Å². The fraction of sp³-hybridized carbons (Fsp3) is 0.222. The van der Waals surface area contributed by atoms with E-state index in [9.17, 15) is 0 Å². The molecule has 1 heterocycles. The van der Waals surface area contributed by atoms with Gasteiger partial charge in [-0.15, -0.1) is 0 Å². The second-order valence-electron chi connectivity index (χ2n) is 3.14. The number of guanidine groups is 1. The standard InChI is InChI=1S/C9H10Br2N4/c10-5-3-6(11)8(4-7(5)12)15-9-13-1-2-14-9/h3-4H,1-2,12H2,(H2,13,14,15). The molecule has 0 saturated heterocycles. The molecule has 1 aromatic carbocycles. The van der Waals surface area contributed by atoms with Gasteiger partial charge in [0, 0.05) is 21.2 Å². The Morgan fingerprint density at radius 1 is 1.33 bits per heavy atom. The molecule has 1 aliphatic rings. The predicted octanol–water partition coefficient (Wildman–Crippen LogP) is 2.16. The van der Waals surface area contributed by atoms with Gasteiger partial charge in [-0.3, -0.25) is 4.99 Å². The zero-order valence-electron chi connectivity index (χ0n) is 7.85. The summed E-state index contributed by atoms with van der Waals surface area (Å²) in [5.74, 6) is 0.789. The third-order valence-electron chi connectivity index (χ3n) is 2.01. The summed E-state index contributed by atoms with van der Waals surface area (Å²) in [4.78, 5) is 4.25. The van der Waals surface area contributed by atoms with Crippen LogP contribution in [0.2, 0.25) is 0 Å². The fourth-order valence-corrected chi connectivity index (χ4v) is 2.36. The number of hydrogen-bond acceptors (Lipinski definition) is 4. The van der Waals surface area contributed by atoms with E-state index in [0.717, 1.165) is 33.7 Å². The van der Waals surface area contributed by atoms with Gasteiger partial charge in [0.15, 0.2) is 5.96 Å². The molecule has 0 aromatic heterocycles. The van der Waals surface area contributed by atoms with Crippen LogP contribution in [-0.2, 0) is 0 Å². The third kappa shape index (κ3) is 2.43. The summed E-state index contributed by atoms with van der Waals surface area (Å²) in [5, 5.41) is 6.30. The van der Waals surface area contributed by atoms with Gasteiger partial charge >= 0.3 is 0 Å². The average molecular weight is 334 g/mol. The maximum Gasteiger partial charge on any atom is 0.195 e. The quantitative estimate of drug-likeness (QED) is 0.690. The lowest BCUT2D eigenvalue weighted by atomic mass is 10.3. The van der Waals surface area contributed by atoms with Gasteiger partial charge < -0.3 is 16.4 Å². The predicted molar refractivity (Wildman–Crippen MR) is 70.2 cm³/mol. The summed E-state index contributed by atoms with van der Waals surface area (Å²) in [5.41, 5.74) is 7.40. The van der Waals surface area contributed by atoms with E-state index in [0.29, 0.717) is 5.69 Å². The summed E-state index contributed by atoms with van der Waals surface area (Å²) in [7, 11) is 0. The maximum absolute atomic E-state index is 5.80. The van der Waals surface area contributed by atoms with Crippen LogP contribution in [-0.4, -0.2) is 19.0 Å². The number of aliphatic imine (C=N–C) groups is 1. The van der Waals surface area contributed by atoms with Gasteiger partial charge in [-0.1, -0.05) is 0 Å². The molecule has 0 unspecified atom stereocenters. The van der Waals surface area contributed by atoms with E-state index in [4.69, 9.17) is 5.73 Å².